The van der Waals surface area contributed by atoms with Gasteiger partial charge in [0, 0.05) is 22.6 Å². The van der Waals surface area contributed by atoms with E-state index in [1.165, 1.54) is 0 Å². The Kier molecular flexibility index (Phi) is 5.89. The molecular formula is C15H10Cl2KN7. The van der Waals surface area contributed by atoms with Gasteiger partial charge in [-0.1, -0.05) is 35.3 Å². The topological polar surface area (TPSA) is 83.5 Å². The number of halogens is 2. The number of benzene rings is 1. The molecule has 7 nitrogen and oxygen atoms in total. The molecule has 0 saturated carbocycles. The molecule has 3 heterocycles. The maximum absolute atomic E-state index is 6.32. The number of hydrogen-bond donors (Lipinski definition) is 0. The van der Waals surface area contributed by atoms with Crippen LogP contribution >= 0.6 is 23.2 Å². The van der Waals surface area contributed by atoms with Crippen molar-refractivity contribution < 1.29 is 51.4 Å². The summed E-state index contributed by atoms with van der Waals surface area (Å²) in [5.41, 5.74) is 4.14. The van der Waals surface area contributed by atoms with Gasteiger partial charge in [0.1, 0.15) is 5.52 Å². The molecule has 0 saturated heterocycles. The van der Waals surface area contributed by atoms with Crippen molar-refractivity contribution in [2.24, 2.45) is 0 Å². The minimum Gasteiger partial charge on any atom is -0.330 e. The molecule has 25 heavy (non-hydrogen) atoms. The van der Waals surface area contributed by atoms with Crippen molar-refractivity contribution >= 4 is 34.2 Å². The Labute approximate surface area is 195 Å². The van der Waals surface area contributed by atoms with Gasteiger partial charge >= 0.3 is 51.4 Å². The summed E-state index contributed by atoms with van der Waals surface area (Å²) in [4.78, 5) is 4.36. The van der Waals surface area contributed by atoms with E-state index in [1.807, 2.05) is 31.2 Å². The first-order chi connectivity index (χ1) is 11.6. The number of fused-ring (bicyclic) bond motifs is 1. The zero-order valence-electron chi connectivity index (χ0n) is 13.5. The van der Waals surface area contributed by atoms with Crippen LogP contribution in [0.1, 0.15) is 11.1 Å². The number of aromatic nitrogens is 7. The van der Waals surface area contributed by atoms with Crippen LogP contribution in [-0.2, 0) is 6.54 Å². The second-order valence-electron chi connectivity index (χ2n) is 5.28. The van der Waals surface area contributed by atoms with Crippen LogP contribution in [0, 0.1) is 6.92 Å². The standard InChI is InChI=1S/C15H10Cl2N7.K/c1-8-3-2-4-11(16)10(8)7-24-12-5-9(15-19-22-23-20-15)6-18-13(12)14(17)21-24;/h2-6H,7H2,1H3;/q-1;+1. The van der Waals surface area contributed by atoms with E-state index in [-0.39, 0.29) is 51.4 Å². The molecule has 0 aliphatic rings. The van der Waals surface area contributed by atoms with Crippen LogP contribution in [0.5, 0.6) is 0 Å². The van der Waals surface area contributed by atoms with Crippen LogP contribution in [0.3, 0.4) is 0 Å². The molecule has 3 aromatic heterocycles. The van der Waals surface area contributed by atoms with Crippen molar-refractivity contribution in [2.45, 2.75) is 13.5 Å². The molecule has 0 fully saturated rings. The first-order valence-corrected chi connectivity index (χ1v) is 7.84. The van der Waals surface area contributed by atoms with E-state index in [9.17, 15) is 0 Å². The second kappa shape index (κ2) is 7.79. The third-order valence-electron chi connectivity index (χ3n) is 3.79. The molecule has 120 valence electrons. The van der Waals surface area contributed by atoms with Crippen molar-refractivity contribution in [3.05, 3.63) is 51.8 Å². The van der Waals surface area contributed by atoms with Crippen LogP contribution in [0.2, 0.25) is 10.2 Å². The first kappa shape index (κ1) is 18.9. The number of hydrogen-bond acceptors (Lipinski definition) is 5. The predicted octanol–water partition coefficient (Wildman–Crippen LogP) is -0.0920. The van der Waals surface area contributed by atoms with Crippen molar-refractivity contribution in [3.63, 3.8) is 0 Å². The van der Waals surface area contributed by atoms with E-state index in [1.54, 1.807) is 10.9 Å². The van der Waals surface area contributed by atoms with E-state index in [0.717, 1.165) is 16.6 Å². The normalized spacial score (nSPS) is 10.8. The third-order valence-corrected chi connectivity index (χ3v) is 4.40. The Morgan fingerprint density at radius 1 is 1.24 bits per heavy atom. The molecule has 0 N–H and O–H groups in total. The SMILES string of the molecule is Cc1cccc(Cl)c1Cn1nc(Cl)c2ncc(-c3nnn[n-]3)cc21.[K+]. The fraction of sp³-hybridized carbons (Fsp3) is 0.133. The fourth-order valence-corrected chi connectivity index (χ4v) is 3.05. The van der Waals surface area contributed by atoms with Crippen molar-refractivity contribution in [1.82, 2.24) is 35.4 Å². The zero-order chi connectivity index (χ0) is 16.7. The van der Waals surface area contributed by atoms with Crippen molar-refractivity contribution in [2.75, 3.05) is 0 Å². The zero-order valence-corrected chi connectivity index (χ0v) is 18.1. The van der Waals surface area contributed by atoms with Gasteiger partial charge < -0.3 is 5.10 Å². The molecule has 0 bridgehead atoms. The summed E-state index contributed by atoms with van der Waals surface area (Å²) in [5.74, 6) is 0.405. The molecular weight excluding hydrogens is 388 g/mol. The summed E-state index contributed by atoms with van der Waals surface area (Å²) in [5, 5.41) is 20.1. The maximum Gasteiger partial charge on any atom is 1.00 e. The number of nitrogens with zero attached hydrogens (tertiary/aromatic N) is 7. The van der Waals surface area contributed by atoms with E-state index in [4.69, 9.17) is 23.2 Å². The van der Waals surface area contributed by atoms with Gasteiger partial charge in [0.05, 0.1) is 12.1 Å². The van der Waals surface area contributed by atoms with Crippen LogP contribution in [-0.4, -0.2) is 30.3 Å². The van der Waals surface area contributed by atoms with Gasteiger partial charge in [-0.15, -0.1) is 0 Å². The quantitative estimate of drug-likeness (QED) is 0.449. The molecule has 1 aromatic carbocycles. The molecule has 0 aliphatic carbocycles. The van der Waals surface area contributed by atoms with Crippen molar-refractivity contribution in [3.8, 4) is 11.4 Å². The van der Waals surface area contributed by atoms with Crippen LogP contribution in [0.15, 0.2) is 30.5 Å². The molecule has 0 aliphatic heterocycles. The Morgan fingerprint density at radius 3 is 2.80 bits per heavy atom. The number of tetrazole rings is 1. The van der Waals surface area contributed by atoms with Crippen LogP contribution < -0.4 is 56.5 Å². The van der Waals surface area contributed by atoms with Gasteiger partial charge in [0.25, 0.3) is 0 Å². The molecule has 0 amide bonds. The molecule has 0 atom stereocenters. The number of rotatable bonds is 3. The molecule has 10 heteroatoms. The number of pyridine rings is 1. The first-order valence-electron chi connectivity index (χ1n) is 7.08. The van der Waals surface area contributed by atoms with E-state index >= 15 is 0 Å². The summed E-state index contributed by atoms with van der Waals surface area (Å²) >= 11 is 12.5. The minimum absolute atomic E-state index is 0. The minimum atomic E-state index is 0. The summed E-state index contributed by atoms with van der Waals surface area (Å²) in [6, 6.07) is 7.65. The monoisotopic (exact) mass is 397 g/mol. The summed E-state index contributed by atoms with van der Waals surface area (Å²) in [6.07, 6.45) is 1.62. The summed E-state index contributed by atoms with van der Waals surface area (Å²) in [6.45, 7) is 2.49. The van der Waals surface area contributed by atoms with Gasteiger partial charge in [0.2, 0.25) is 0 Å². The van der Waals surface area contributed by atoms with E-state index in [0.29, 0.717) is 33.6 Å². The maximum atomic E-state index is 6.32. The molecule has 4 aromatic rings. The van der Waals surface area contributed by atoms with Gasteiger partial charge in [-0.25, -0.2) is 0 Å². The molecule has 0 radical (unpaired) electrons. The smallest absolute Gasteiger partial charge is 0.330 e. The second-order valence-corrected chi connectivity index (χ2v) is 6.04. The fourth-order valence-electron chi connectivity index (χ4n) is 2.54. The summed E-state index contributed by atoms with van der Waals surface area (Å²) in [7, 11) is 0. The summed E-state index contributed by atoms with van der Waals surface area (Å²) < 4.78 is 1.77. The van der Waals surface area contributed by atoms with Gasteiger partial charge in [0.15, 0.2) is 5.15 Å². The average Bonchev–Trinajstić information content (AvgIpc) is 3.20. The van der Waals surface area contributed by atoms with Gasteiger partial charge in [-0.3, -0.25) is 20.0 Å². The third kappa shape index (κ3) is 3.66. The Hall–Kier alpha value is -0.874. The van der Waals surface area contributed by atoms with Crippen LogP contribution in [0.25, 0.3) is 22.4 Å². The Balaban J connectivity index is 0.00000182. The van der Waals surface area contributed by atoms with E-state index in [2.05, 4.69) is 30.7 Å². The average molecular weight is 398 g/mol. The number of aryl methyl sites for hydroxylation is 1. The Bertz CT molecular complexity index is 1010. The predicted molar refractivity (Wildman–Crippen MR) is 90.0 cm³/mol. The molecule has 0 unspecified atom stereocenters. The van der Waals surface area contributed by atoms with E-state index < -0.39 is 0 Å². The largest absolute Gasteiger partial charge is 1.00 e. The molecule has 4 rings (SSSR count). The Morgan fingerprint density at radius 2 is 2.08 bits per heavy atom. The van der Waals surface area contributed by atoms with Gasteiger partial charge in [-0.05, 0) is 30.2 Å². The molecule has 0 spiro atoms. The van der Waals surface area contributed by atoms with Gasteiger partial charge in [-0.2, -0.15) is 10.3 Å². The van der Waals surface area contributed by atoms with Crippen molar-refractivity contribution in [1.29, 1.82) is 0 Å². The van der Waals surface area contributed by atoms with Crippen LogP contribution in [0.4, 0.5) is 0 Å².